The second-order valence-corrected chi connectivity index (χ2v) is 9.66. The molecule has 2 aromatic heterocycles. The Bertz CT molecular complexity index is 1150. The van der Waals surface area contributed by atoms with Crippen molar-refractivity contribution in [1.82, 2.24) is 19.7 Å². The number of piperazine rings is 1. The molecule has 32 heavy (non-hydrogen) atoms. The topological polar surface area (TPSA) is 56.8 Å². The van der Waals surface area contributed by atoms with Crippen LogP contribution in [0.4, 0.5) is 13.2 Å². The van der Waals surface area contributed by atoms with Gasteiger partial charge < -0.3 is 9.80 Å². The number of nitrogens with zero attached hydrogens (tertiary/aromatic N) is 4. The Kier molecular flexibility index (Phi) is 5.42. The molecule has 5 rings (SSSR count). The molecule has 1 aromatic carbocycles. The van der Waals surface area contributed by atoms with Gasteiger partial charge >= 0.3 is 6.18 Å². The summed E-state index contributed by atoms with van der Waals surface area (Å²) in [6.45, 7) is 3.53. The summed E-state index contributed by atoms with van der Waals surface area (Å²) in [5, 5.41) is 3.78. The van der Waals surface area contributed by atoms with E-state index in [0.717, 1.165) is 17.4 Å². The lowest BCUT2D eigenvalue weighted by Gasteiger charge is -2.48. The highest BCUT2D eigenvalue weighted by Crippen LogP contribution is 2.39. The lowest BCUT2D eigenvalue weighted by Crippen LogP contribution is -2.64. The zero-order valence-corrected chi connectivity index (χ0v) is 18.5. The van der Waals surface area contributed by atoms with Crippen LogP contribution in [0.25, 0.3) is 10.1 Å². The van der Waals surface area contributed by atoms with Crippen LogP contribution in [-0.2, 0) is 6.18 Å². The molecule has 0 aliphatic carbocycles. The number of aromatic nitrogens is 1. The first-order chi connectivity index (χ1) is 15.3. The summed E-state index contributed by atoms with van der Waals surface area (Å²) in [6, 6.07) is 4.16. The minimum absolute atomic E-state index is 0.00670. The van der Waals surface area contributed by atoms with Crippen LogP contribution >= 0.6 is 22.7 Å². The van der Waals surface area contributed by atoms with Crippen LogP contribution in [0.1, 0.15) is 25.7 Å². The van der Waals surface area contributed by atoms with Crippen molar-refractivity contribution in [3.8, 4) is 0 Å². The van der Waals surface area contributed by atoms with Crippen molar-refractivity contribution < 1.29 is 22.8 Å². The first-order valence-electron chi connectivity index (χ1n) is 10.1. The van der Waals surface area contributed by atoms with Crippen molar-refractivity contribution in [2.45, 2.75) is 12.2 Å². The number of alkyl halides is 3. The lowest BCUT2D eigenvalue weighted by molar-refractivity contribution is -0.136. The highest BCUT2D eigenvalue weighted by Gasteiger charge is 2.39. The van der Waals surface area contributed by atoms with Gasteiger partial charge in [-0.05, 0) is 12.1 Å². The predicted octanol–water partition coefficient (Wildman–Crippen LogP) is 3.66. The number of carbonyl (C=O) groups excluding carboxylic acids is 2. The third-order valence-electron chi connectivity index (χ3n) is 6.02. The van der Waals surface area contributed by atoms with Gasteiger partial charge in [0.15, 0.2) is 5.01 Å². The molecule has 0 spiro atoms. The number of hydrogen-bond acceptors (Lipinski definition) is 6. The number of carbonyl (C=O) groups is 2. The fourth-order valence-electron chi connectivity index (χ4n) is 4.26. The average molecular weight is 481 g/mol. The van der Waals surface area contributed by atoms with E-state index in [9.17, 15) is 22.8 Å². The van der Waals surface area contributed by atoms with E-state index in [0.29, 0.717) is 49.0 Å². The molecule has 2 fully saturated rings. The third-order valence-corrected chi connectivity index (χ3v) is 7.73. The Morgan fingerprint density at radius 2 is 1.75 bits per heavy atom. The van der Waals surface area contributed by atoms with Gasteiger partial charge in [-0.15, -0.1) is 22.7 Å². The first-order valence-corrected chi connectivity index (χ1v) is 11.9. The molecule has 11 heteroatoms. The van der Waals surface area contributed by atoms with Crippen LogP contribution < -0.4 is 0 Å². The number of thiophene rings is 1. The number of thiazole rings is 1. The number of halogens is 3. The van der Waals surface area contributed by atoms with Gasteiger partial charge in [0.1, 0.15) is 0 Å². The highest BCUT2D eigenvalue weighted by molar-refractivity contribution is 7.17. The van der Waals surface area contributed by atoms with Crippen molar-refractivity contribution in [2.75, 3.05) is 39.3 Å². The molecule has 2 aliphatic heterocycles. The number of hydrogen-bond donors (Lipinski definition) is 0. The Balaban J connectivity index is 1.21. The molecule has 0 N–H and O–H groups in total. The second kappa shape index (κ2) is 8.13. The number of fused-ring (bicyclic) bond motifs is 1. The zero-order valence-electron chi connectivity index (χ0n) is 16.8. The molecule has 0 radical (unpaired) electrons. The fourth-order valence-corrected chi connectivity index (χ4v) is 5.82. The van der Waals surface area contributed by atoms with Gasteiger partial charge in [0.25, 0.3) is 11.8 Å². The fraction of sp³-hybridized carbons (Fsp3) is 0.381. The smallest absolute Gasteiger partial charge is 0.335 e. The molecule has 3 aromatic rings. The van der Waals surface area contributed by atoms with E-state index in [1.54, 1.807) is 27.4 Å². The summed E-state index contributed by atoms with van der Waals surface area (Å²) in [5.41, 5.74) is -0.645. The Morgan fingerprint density at radius 3 is 2.41 bits per heavy atom. The third kappa shape index (κ3) is 3.78. The Labute approximate surface area is 189 Å². The van der Waals surface area contributed by atoms with Crippen LogP contribution in [0.5, 0.6) is 0 Å². The molecular formula is C21H19F3N4O2S2. The van der Waals surface area contributed by atoms with Gasteiger partial charge in [-0.3, -0.25) is 14.5 Å². The van der Waals surface area contributed by atoms with Gasteiger partial charge in [0.05, 0.1) is 11.1 Å². The molecule has 4 heterocycles. The van der Waals surface area contributed by atoms with Crippen molar-refractivity contribution in [2.24, 2.45) is 0 Å². The molecule has 0 bridgehead atoms. The van der Waals surface area contributed by atoms with E-state index in [-0.39, 0.29) is 28.8 Å². The number of amides is 2. The van der Waals surface area contributed by atoms with Crippen LogP contribution in [0.3, 0.4) is 0 Å². The van der Waals surface area contributed by atoms with Gasteiger partial charge in [-0.1, -0.05) is 6.07 Å². The van der Waals surface area contributed by atoms with E-state index in [4.69, 9.17) is 0 Å². The van der Waals surface area contributed by atoms with Crippen molar-refractivity contribution in [3.63, 3.8) is 0 Å². The normalized spacial score (nSPS) is 18.2. The monoisotopic (exact) mass is 480 g/mol. The Hall–Kier alpha value is -2.50. The van der Waals surface area contributed by atoms with Crippen molar-refractivity contribution >= 4 is 44.6 Å². The van der Waals surface area contributed by atoms with Crippen LogP contribution in [0, 0.1) is 0 Å². The van der Waals surface area contributed by atoms with E-state index in [1.165, 1.54) is 22.8 Å². The largest absolute Gasteiger partial charge is 0.417 e. The Morgan fingerprint density at radius 1 is 1.00 bits per heavy atom. The highest BCUT2D eigenvalue weighted by atomic mass is 32.1. The van der Waals surface area contributed by atoms with Gasteiger partial charge in [0.2, 0.25) is 0 Å². The predicted molar refractivity (Wildman–Crippen MR) is 116 cm³/mol. The van der Waals surface area contributed by atoms with E-state index in [1.807, 2.05) is 0 Å². The van der Waals surface area contributed by atoms with E-state index < -0.39 is 11.7 Å². The van der Waals surface area contributed by atoms with Crippen molar-refractivity contribution in [1.29, 1.82) is 0 Å². The molecular weight excluding hydrogens is 461 g/mol. The second-order valence-electron chi connectivity index (χ2n) is 7.86. The van der Waals surface area contributed by atoms with Gasteiger partial charge in [-0.25, -0.2) is 4.98 Å². The number of benzene rings is 1. The molecule has 0 saturated carbocycles. The van der Waals surface area contributed by atoms with Crippen LogP contribution in [0.15, 0.2) is 35.2 Å². The molecule has 168 valence electrons. The molecule has 0 unspecified atom stereocenters. The lowest BCUT2D eigenvalue weighted by atomic mass is 10.0. The minimum Gasteiger partial charge on any atom is -0.335 e. The van der Waals surface area contributed by atoms with E-state index >= 15 is 0 Å². The maximum absolute atomic E-state index is 13.5. The summed E-state index contributed by atoms with van der Waals surface area (Å²) >= 11 is 2.48. The number of likely N-dealkylation sites (tertiary alicyclic amines) is 1. The molecule has 0 atom stereocenters. The summed E-state index contributed by atoms with van der Waals surface area (Å²) < 4.78 is 40.8. The van der Waals surface area contributed by atoms with Crippen LogP contribution in [-0.4, -0.2) is 76.8 Å². The number of rotatable bonds is 3. The quantitative estimate of drug-likeness (QED) is 0.574. The van der Waals surface area contributed by atoms with Gasteiger partial charge in [-0.2, -0.15) is 13.2 Å². The zero-order chi connectivity index (χ0) is 22.5. The average Bonchev–Trinajstić information content (AvgIpc) is 3.42. The molecule has 2 aliphatic rings. The summed E-state index contributed by atoms with van der Waals surface area (Å²) in [4.78, 5) is 35.1. The first kappa shape index (κ1) is 21.4. The maximum Gasteiger partial charge on any atom is 0.417 e. The summed E-state index contributed by atoms with van der Waals surface area (Å²) in [7, 11) is 0. The molecule has 2 saturated heterocycles. The van der Waals surface area contributed by atoms with E-state index in [2.05, 4.69) is 9.88 Å². The summed E-state index contributed by atoms with van der Waals surface area (Å²) in [5.74, 6) is -0.420. The van der Waals surface area contributed by atoms with Gasteiger partial charge in [0, 0.05) is 72.4 Å². The van der Waals surface area contributed by atoms with Crippen LogP contribution in [0.2, 0.25) is 0 Å². The maximum atomic E-state index is 13.5. The standard InChI is InChI=1S/C21H19F3N4O2S2/c22-21(23,24)15-2-1-3-16-17(15)14(12-32-16)19(29)28-10-13(11-28)26-5-7-27(8-6-26)20(30)18-25-4-9-31-18/h1-4,9,12-13H,5-8,10-11H2. The molecule has 6 nitrogen and oxygen atoms in total. The SMILES string of the molecule is O=C(c1nccs1)N1CCN(C2CN(C(=O)c3csc4cccc(C(F)(F)F)c34)C2)CC1. The molecule has 2 amide bonds. The summed E-state index contributed by atoms with van der Waals surface area (Å²) in [6.07, 6.45) is -2.90. The van der Waals surface area contributed by atoms with Crippen molar-refractivity contribution in [3.05, 3.63) is 51.3 Å². The minimum atomic E-state index is -4.51.